The Kier molecular flexibility index (Phi) is 6.85. The summed E-state index contributed by atoms with van der Waals surface area (Å²) < 4.78 is 22.6. The maximum atomic E-state index is 13.2. The summed E-state index contributed by atoms with van der Waals surface area (Å²) in [5, 5.41) is 4.13. The molecule has 2 fully saturated rings. The van der Waals surface area contributed by atoms with Crippen molar-refractivity contribution in [3.63, 3.8) is 0 Å². The van der Waals surface area contributed by atoms with E-state index >= 15 is 0 Å². The van der Waals surface area contributed by atoms with Crippen LogP contribution in [0.1, 0.15) is 40.2 Å². The second-order valence-corrected chi connectivity index (χ2v) is 11.0. The molecule has 40 heavy (non-hydrogen) atoms. The number of hydrogen-bond acceptors (Lipinski definition) is 9. The maximum absolute atomic E-state index is 13.2. The first-order valence-electron chi connectivity index (χ1n) is 13.3. The summed E-state index contributed by atoms with van der Waals surface area (Å²) in [6.45, 7) is 9.87. The molecule has 1 spiro atoms. The number of likely N-dealkylation sites (tertiary alicyclic amines) is 1. The highest BCUT2D eigenvalue weighted by atomic mass is 16.6. The summed E-state index contributed by atoms with van der Waals surface area (Å²) in [6.07, 6.45) is 1.30. The fourth-order valence-corrected chi connectivity index (χ4v) is 5.26. The molecular formula is C29H35N5O6. The van der Waals surface area contributed by atoms with E-state index in [2.05, 4.69) is 22.2 Å². The van der Waals surface area contributed by atoms with Crippen LogP contribution in [0.3, 0.4) is 0 Å². The lowest BCUT2D eigenvalue weighted by Crippen LogP contribution is -2.72. The van der Waals surface area contributed by atoms with Gasteiger partial charge in [-0.3, -0.25) is 9.80 Å². The number of amides is 2. The smallest absolute Gasteiger partial charge is 0.415 e. The number of carbonyl (C=O) groups is 2. The number of rotatable bonds is 6. The molecule has 3 heterocycles. The van der Waals surface area contributed by atoms with E-state index in [-0.39, 0.29) is 19.1 Å². The predicted molar refractivity (Wildman–Crippen MR) is 151 cm³/mol. The number of aromatic nitrogens is 2. The highest BCUT2D eigenvalue weighted by molar-refractivity contribution is 6.00. The quantitative estimate of drug-likeness (QED) is 0.438. The molecule has 3 aromatic rings. The highest BCUT2D eigenvalue weighted by Crippen LogP contribution is 2.44. The number of hydrogen-bond donors (Lipinski definition) is 1. The molecule has 11 heteroatoms. The minimum absolute atomic E-state index is 0.243. The van der Waals surface area contributed by atoms with E-state index < -0.39 is 23.4 Å². The van der Waals surface area contributed by atoms with Crippen LogP contribution in [0, 0.1) is 0 Å². The van der Waals surface area contributed by atoms with Crippen LogP contribution < -0.4 is 19.7 Å². The molecule has 0 aliphatic carbocycles. The molecule has 212 valence electrons. The Morgan fingerprint density at radius 2 is 1.90 bits per heavy atom. The Balaban J connectivity index is 1.47. The lowest BCUT2D eigenvalue weighted by molar-refractivity contribution is -0.117. The van der Waals surface area contributed by atoms with Gasteiger partial charge in [0.05, 0.1) is 44.6 Å². The lowest BCUT2D eigenvalue weighted by Gasteiger charge is -2.51. The first-order valence-corrected chi connectivity index (χ1v) is 13.3. The molecule has 2 unspecified atom stereocenters. The van der Waals surface area contributed by atoms with Crippen LogP contribution in [0.5, 0.6) is 11.5 Å². The Labute approximate surface area is 233 Å². The van der Waals surface area contributed by atoms with Crippen molar-refractivity contribution in [3.8, 4) is 11.5 Å². The summed E-state index contributed by atoms with van der Waals surface area (Å²) in [5.41, 5.74) is 1.59. The standard InChI is InChI=1S/C29H35N5O6/c1-8-18-20(10-9-11-23(18)37-6)32-25-19-12-22(24(38-7)13-21(19)30-16-31-25)34-15-29(40-27(34)36)14-33(17(29)2)26(35)39-28(3,4)5/h9-13,16-17H,8,14-15H2,1-7H3,(H,30,31,32). The van der Waals surface area contributed by atoms with Crippen molar-refractivity contribution in [3.05, 3.63) is 42.2 Å². The molecule has 2 aliphatic heterocycles. The number of carbonyl (C=O) groups excluding carboxylic acids is 2. The van der Waals surface area contributed by atoms with Gasteiger partial charge < -0.3 is 24.3 Å². The molecule has 0 saturated carbocycles. The monoisotopic (exact) mass is 549 g/mol. The number of nitrogens with one attached hydrogen (secondary N) is 1. The number of fused-ring (bicyclic) bond motifs is 1. The third-order valence-electron chi connectivity index (χ3n) is 7.42. The first-order chi connectivity index (χ1) is 19.0. The van der Waals surface area contributed by atoms with Crippen LogP contribution in [0.4, 0.5) is 26.8 Å². The summed E-state index contributed by atoms with van der Waals surface area (Å²) in [6, 6.07) is 9.06. The molecule has 2 aliphatic rings. The largest absolute Gasteiger partial charge is 0.496 e. The van der Waals surface area contributed by atoms with E-state index in [0.29, 0.717) is 28.2 Å². The zero-order valence-corrected chi connectivity index (χ0v) is 23.9. The summed E-state index contributed by atoms with van der Waals surface area (Å²) >= 11 is 0. The van der Waals surface area contributed by atoms with E-state index in [1.165, 1.54) is 6.33 Å². The third kappa shape index (κ3) is 4.69. The van der Waals surface area contributed by atoms with Crippen molar-refractivity contribution in [2.75, 3.05) is 37.5 Å². The molecular weight excluding hydrogens is 514 g/mol. The molecule has 0 bridgehead atoms. The summed E-state index contributed by atoms with van der Waals surface area (Å²) in [5.74, 6) is 1.83. The van der Waals surface area contributed by atoms with Crippen LogP contribution in [-0.2, 0) is 15.9 Å². The zero-order chi connectivity index (χ0) is 28.8. The fourth-order valence-electron chi connectivity index (χ4n) is 5.26. The maximum Gasteiger partial charge on any atom is 0.415 e. The summed E-state index contributed by atoms with van der Waals surface area (Å²) in [4.78, 5) is 37.9. The lowest BCUT2D eigenvalue weighted by atomic mass is 9.84. The highest BCUT2D eigenvalue weighted by Gasteiger charge is 2.61. The van der Waals surface area contributed by atoms with E-state index in [1.54, 1.807) is 30.1 Å². The van der Waals surface area contributed by atoms with Gasteiger partial charge in [-0.15, -0.1) is 0 Å². The van der Waals surface area contributed by atoms with E-state index in [9.17, 15) is 9.59 Å². The third-order valence-corrected chi connectivity index (χ3v) is 7.42. The SMILES string of the molecule is CCc1c(Nc2ncnc3cc(OC)c(N4CC5(CN(C(=O)OC(C)(C)C)C5C)OC4=O)cc23)cccc1OC. The minimum Gasteiger partial charge on any atom is -0.496 e. The van der Waals surface area contributed by atoms with Crippen LogP contribution in [0.15, 0.2) is 36.7 Å². The van der Waals surface area contributed by atoms with Crippen molar-refractivity contribution < 1.29 is 28.5 Å². The Bertz CT molecular complexity index is 1470. The van der Waals surface area contributed by atoms with Gasteiger partial charge in [0.2, 0.25) is 0 Å². The molecule has 11 nitrogen and oxygen atoms in total. The van der Waals surface area contributed by atoms with Gasteiger partial charge in [-0.2, -0.15) is 0 Å². The van der Waals surface area contributed by atoms with E-state index in [0.717, 1.165) is 23.4 Å². The molecule has 2 aromatic carbocycles. The Hall–Kier alpha value is -4.28. The molecule has 1 aromatic heterocycles. The fraction of sp³-hybridized carbons (Fsp3) is 0.448. The molecule has 1 N–H and O–H groups in total. The second kappa shape index (κ2) is 10.0. The van der Waals surface area contributed by atoms with Crippen LogP contribution >= 0.6 is 0 Å². The zero-order valence-electron chi connectivity index (χ0n) is 23.9. The molecule has 0 radical (unpaired) electrons. The van der Waals surface area contributed by atoms with Crippen molar-refractivity contribution in [2.24, 2.45) is 0 Å². The van der Waals surface area contributed by atoms with Gasteiger partial charge in [0, 0.05) is 22.7 Å². The second-order valence-electron chi connectivity index (χ2n) is 11.0. The Morgan fingerprint density at radius 3 is 2.55 bits per heavy atom. The van der Waals surface area contributed by atoms with Crippen molar-refractivity contribution in [1.82, 2.24) is 14.9 Å². The number of methoxy groups -OCH3 is 2. The van der Waals surface area contributed by atoms with Crippen LogP contribution in [-0.4, -0.2) is 71.6 Å². The molecule has 2 saturated heterocycles. The van der Waals surface area contributed by atoms with E-state index in [1.807, 2.05) is 52.0 Å². The van der Waals surface area contributed by atoms with Crippen molar-refractivity contribution in [2.45, 2.75) is 58.3 Å². The average Bonchev–Trinajstić information content (AvgIpc) is 3.28. The number of anilines is 3. The molecule has 5 rings (SSSR count). The topological polar surface area (TPSA) is 115 Å². The number of benzene rings is 2. The van der Waals surface area contributed by atoms with Gasteiger partial charge in [-0.25, -0.2) is 19.6 Å². The van der Waals surface area contributed by atoms with E-state index in [4.69, 9.17) is 18.9 Å². The van der Waals surface area contributed by atoms with Gasteiger partial charge >= 0.3 is 12.2 Å². The van der Waals surface area contributed by atoms with Gasteiger partial charge in [0.1, 0.15) is 29.2 Å². The average molecular weight is 550 g/mol. The van der Waals surface area contributed by atoms with Crippen molar-refractivity contribution >= 4 is 40.3 Å². The van der Waals surface area contributed by atoms with Crippen molar-refractivity contribution in [1.29, 1.82) is 0 Å². The minimum atomic E-state index is -0.848. The van der Waals surface area contributed by atoms with Gasteiger partial charge in [0.25, 0.3) is 0 Å². The van der Waals surface area contributed by atoms with Crippen LogP contribution in [0.25, 0.3) is 10.9 Å². The number of ether oxygens (including phenoxy) is 4. The van der Waals surface area contributed by atoms with Gasteiger partial charge in [-0.1, -0.05) is 13.0 Å². The molecule has 2 amide bonds. The number of nitrogens with zero attached hydrogens (tertiary/aromatic N) is 4. The molecule has 2 atom stereocenters. The predicted octanol–water partition coefficient (Wildman–Crippen LogP) is 5.29. The summed E-state index contributed by atoms with van der Waals surface area (Å²) in [7, 11) is 3.19. The van der Waals surface area contributed by atoms with Gasteiger partial charge in [0.15, 0.2) is 5.60 Å². The normalized spacial score (nSPS) is 20.4. The Morgan fingerprint density at radius 1 is 1.15 bits per heavy atom. The first kappa shape index (κ1) is 27.3. The van der Waals surface area contributed by atoms with Gasteiger partial charge in [-0.05, 0) is 52.3 Å². The van der Waals surface area contributed by atoms with Crippen LogP contribution in [0.2, 0.25) is 0 Å².